The molecule has 0 aliphatic carbocycles. The molecule has 3 rings (SSSR count). The average molecular weight is 282 g/mol. The molecule has 0 radical (unpaired) electrons. The Hall–Kier alpha value is -0.380. The molecule has 1 aromatic rings. The molecule has 0 bridgehead atoms. The van der Waals surface area contributed by atoms with E-state index in [1.807, 2.05) is 0 Å². The highest BCUT2D eigenvalue weighted by atomic mass is 79.9. The van der Waals surface area contributed by atoms with E-state index in [1.165, 1.54) is 28.4 Å². The molecule has 1 saturated heterocycles. The van der Waals surface area contributed by atoms with Crippen molar-refractivity contribution in [3.8, 4) is 0 Å². The van der Waals surface area contributed by atoms with Crippen molar-refractivity contribution in [1.29, 1.82) is 0 Å². The Balaban J connectivity index is 1.93. The van der Waals surface area contributed by atoms with Crippen molar-refractivity contribution in [2.45, 2.75) is 31.4 Å². The lowest BCUT2D eigenvalue weighted by atomic mass is 9.92. The van der Waals surface area contributed by atoms with Crippen LogP contribution in [0.3, 0.4) is 0 Å². The van der Waals surface area contributed by atoms with Crippen LogP contribution in [0.5, 0.6) is 0 Å². The zero-order valence-electron chi connectivity index (χ0n) is 9.21. The molecule has 16 heavy (non-hydrogen) atoms. The van der Waals surface area contributed by atoms with Gasteiger partial charge in [0.2, 0.25) is 0 Å². The molecule has 0 spiro atoms. The van der Waals surface area contributed by atoms with Crippen molar-refractivity contribution in [2.24, 2.45) is 0 Å². The molecular weight excluding hydrogens is 266 g/mol. The predicted octanol–water partition coefficient (Wildman–Crippen LogP) is 2.81. The fourth-order valence-electron chi connectivity index (χ4n) is 2.76. The highest BCUT2D eigenvalue weighted by Gasteiger charge is 2.30. The molecule has 2 atom stereocenters. The Labute approximate surface area is 105 Å². The first-order chi connectivity index (χ1) is 7.84. The minimum Gasteiger partial charge on any atom is -0.372 e. The number of hydrogen-bond donors (Lipinski definition) is 1. The van der Waals surface area contributed by atoms with E-state index >= 15 is 0 Å². The molecule has 0 saturated carbocycles. The van der Waals surface area contributed by atoms with Gasteiger partial charge >= 0.3 is 0 Å². The number of halogens is 1. The molecule has 2 aliphatic heterocycles. The molecule has 1 fully saturated rings. The van der Waals surface area contributed by atoms with Gasteiger partial charge in [-0.25, -0.2) is 0 Å². The zero-order chi connectivity index (χ0) is 11.0. The van der Waals surface area contributed by atoms with Crippen LogP contribution < -0.4 is 5.32 Å². The summed E-state index contributed by atoms with van der Waals surface area (Å²) in [4.78, 5) is 0. The van der Waals surface area contributed by atoms with Crippen molar-refractivity contribution in [3.63, 3.8) is 0 Å². The molecule has 86 valence electrons. The summed E-state index contributed by atoms with van der Waals surface area (Å²) >= 11 is 3.54. The SMILES string of the molecule is Brc1ccc2c(c1)CCO[C@H]2[C@@H]1CCCN1. The van der Waals surface area contributed by atoms with E-state index in [0.29, 0.717) is 6.04 Å². The van der Waals surface area contributed by atoms with Crippen LogP contribution in [0.15, 0.2) is 22.7 Å². The molecular formula is C13H16BrNO. The smallest absolute Gasteiger partial charge is 0.0980 e. The second-order valence-corrected chi connectivity index (χ2v) is 5.50. The summed E-state index contributed by atoms with van der Waals surface area (Å²) in [5, 5.41) is 3.55. The molecule has 0 aromatic heterocycles. The van der Waals surface area contributed by atoms with Gasteiger partial charge in [-0.3, -0.25) is 0 Å². The predicted molar refractivity (Wildman–Crippen MR) is 67.6 cm³/mol. The zero-order valence-corrected chi connectivity index (χ0v) is 10.8. The van der Waals surface area contributed by atoms with Gasteiger partial charge in [-0.15, -0.1) is 0 Å². The van der Waals surface area contributed by atoms with Crippen molar-refractivity contribution < 1.29 is 4.74 Å². The summed E-state index contributed by atoms with van der Waals surface area (Å²) in [5.41, 5.74) is 2.83. The van der Waals surface area contributed by atoms with Crippen molar-refractivity contribution in [3.05, 3.63) is 33.8 Å². The largest absolute Gasteiger partial charge is 0.372 e. The van der Waals surface area contributed by atoms with Crippen molar-refractivity contribution in [1.82, 2.24) is 5.32 Å². The van der Waals surface area contributed by atoms with Crippen LogP contribution in [0.4, 0.5) is 0 Å². The summed E-state index contributed by atoms with van der Waals surface area (Å²) in [6.07, 6.45) is 3.81. The Morgan fingerprint density at radius 2 is 2.31 bits per heavy atom. The van der Waals surface area contributed by atoms with Gasteiger partial charge in [0, 0.05) is 10.5 Å². The van der Waals surface area contributed by atoms with Crippen molar-refractivity contribution in [2.75, 3.05) is 13.2 Å². The van der Waals surface area contributed by atoms with Crippen LogP contribution >= 0.6 is 15.9 Å². The van der Waals surface area contributed by atoms with Gasteiger partial charge in [-0.05, 0) is 49.1 Å². The first kappa shape index (κ1) is 10.8. The van der Waals surface area contributed by atoms with Crippen LogP contribution in [-0.2, 0) is 11.2 Å². The second kappa shape index (κ2) is 4.47. The lowest BCUT2D eigenvalue weighted by Gasteiger charge is -2.30. The standard InChI is InChI=1S/C13H16BrNO/c14-10-3-4-11-9(8-10)5-7-16-13(11)12-2-1-6-15-12/h3-4,8,12-13,15H,1-2,5-7H2/t12-,13+/m0/s1. The fraction of sp³-hybridized carbons (Fsp3) is 0.538. The minimum absolute atomic E-state index is 0.263. The van der Waals surface area contributed by atoms with Gasteiger partial charge in [-0.2, -0.15) is 0 Å². The molecule has 3 heteroatoms. The van der Waals surface area contributed by atoms with Crippen LogP contribution in [0.1, 0.15) is 30.1 Å². The summed E-state index contributed by atoms with van der Waals surface area (Å²) in [7, 11) is 0. The number of fused-ring (bicyclic) bond motifs is 1. The lowest BCUT2D eigenvalue weighted by Crippen LogP contribution is -2.33. The molecule has 1 N–H and O–H groups in total. The maximum Gasteiger partial charge on any atom is 0.0980 e. The third-order valence-corrected chi connectivity index (χ3v) is 4.04. The summed E-state index contributed by atoms with van der Waals surface area (Å²) in [5.74, 6) is 0. The van der Waals surface area contributed by atoms with Crippen LogP contribution in [0, 0.1) is 0 Å². The van der Waals surface area contributed by atoms with Gasteiger partial charge < -0.3 is 10.1 Å². The van der Waals surface area contributed by atoms with E-state index in [-0.39, 0.29) is 6.10 Å². The van der Waals surface area contributed by atoms with Gasteiger partial charge in [0.1, 0.15) is 0 Å². The normalized spacial score (nSPS) is 29.1. The summed E-state index contributed by atoms with van der Waals surface area (Å²) in [6, 6.07) is 7.08. The number of ether oxygens (including phenoxy) is 1. The molecule has 2 aliphatic rings. The first-order valence-electron chi connectivity index (χ1n) is 5.98. The molecule has 2 heterocycles. The Bertz CT molecular complexity index is 388. The Morgan fingerprint density at radius 3 is 3.12 bits per heavy atom. The van der Waals surface area contributed by atoms with Gasteiger partial charge in [-0.1, -0.05) is 22.0 Å². The van der Waals surface area contributed by atoms with Gasteiger partial charge in [0.15, 0.2) is 0 Å². The fourth-order valence-corrected chi connectivity index (χ4v) is 3.17. The third kappa shape index (κ3) is 1.92. The number of benzene rings is 1. The van der Waals surface area contributed by atoms with E-state index < -0.39 is 0 Å². The third-order valence-electron chi connectivity index (χ3n) is 3.54. The van der Waals surface area contributed by atoms with E-state index in [0.717, 1.165) is 19.6 Å². The second-order valence-electron chi connectivity index (χ2n) is 4.59. The van der Waals surface area contributed by atoms with Crippen molar-refractivity contribution >= 4 is 15.9 Å². The number of rotatable bonds is 1. The van der Waals surface area contributed by atoms with Crippen LogP contribution in [0.2, 0.25) is 0 Å². The number of hydrogen-bond acceptors (Lipinski definition) is 2. The van der Waals surface area contributed by atoms with Crippen LogP contribution in [0.25, 0.3) is 0 Å². The monoisotopic (exact) mass is 281 g/mol. The van der Waals surface area contributed by atoms with E-state index in [4.69, 9.17) is 4.74 Å². The quantitative estimate of drug-likeness (QED) is 0.855. The molecule has 0 unspecified atom stereocenters. The van der Waals surface area contributed by atoms with Gasteiger partial charge in [0.25, 0.3) is 0 Å². The van der Waals surface area contributed by atoms with E-state index in [1.54, 1.807) is 0 Å². The summed E-state index contributed by atoms with van der Waals surface area (Å²) in [6.45, 7) is 1.99. The maximum atomic E-state index is 5.95. The molecule has 1 aromatic carbocycles. The minimum atomic E-state index is 0.263. The first-order valence-corrected chi connectivity index (χ1v) is 6.77. The van der Waals surface area contributed by atoms with Crippen LogP contribution in [-0.4, -0.2) is 19.2 Å². The lowest BCUT2D eigenvalue weighted by molar-refractivity contribution is 0.0199. The highest BCUT2D eigenvalue weighted by molar-refractivity contribution is 9.10. The maximum absolute atomic E-state index is 5.95. The molecule has 2 nitrogen and oxygen atoms in total. The van der Waals surface area contributed by atoms with E-state index in [9.17, 15) is 0 Å². The Morgan fingerprint density at radius 1 is 1.38 bits per heavy atom. The van der Waals surface area contributed by atoms with Gasteiger partial charge in [0.05, 0.1) is 12.7 Å². The molecule has 0 amide bonds. The Kier molecular flexibility index (Phi) is 3.01. The average Bonchev–Trinajstić information content (AvgIpc) is 2.81. The highest BCUT2D eigenvalue weighted by Crippen LogP contribution is 2.34. The number of nitrogens with one attached hydrogen (secondary N) is 1. The summed E-state index contributed by atoms with van der Waals surface area (Å²) < 4.78 is 7.12. The van der Waals surface area contributed by atoms with E-state index in [2.05, 4.69) is 39.4 Å². The topological polar surface area (TPSA) is 21.3 Å².